The summed E-state index contributed by atoms with van der Waals surface area (Å²) in [5.74, 6) is 0.177. The van der Waals surface area contributed by atoms with Crippen LogP contribution in [0.5, 0.6) is 0 Å². The molecule has 1 heterocycles. The van der Waals surface area contributed by atoms with Gasteiger partial charge in [0, 0.05) is 12.6 Å². The highest BCUT2D eigenvalue weighted by molar-refractivity contribution is 7.92. The molecule has 2 atom stereocenters. The Labute approximate surface area is 138 Å². The normalized spacial score (nSPS) is 21.7. The molecule has 1 aliphatic rings. The average Bonchev–Trinajstić information content (AvgIpc) is 2.49. The monoisotopic (exact) mass is 339 g/mol. The first-order chi connectivity index (χ1) is 10.9. The van der Waals surface area contributed by atoms with E-state index in [9.17, 15) is 13.2 Å². The molecule has 6 nitrogen and oxygen atoms in total. The molecule has 23 heavy (non-hydrogen) atoms. The van der Waals surface area contributed by atoms with E-state index in [2.05, 4.69) is 22.3 Å². The fraction of sp³-hybridized carbons (Fsp3) is 0.562. The lowest BCUT2D eigenvalue weighted by molar-refractivity contribution is 0.0916. The fourth-order valence-corrected chi connectivity index (χ4v) is 3.84. The summed E-state index contributed by atoms with van der Waals surface area (Å²) in [6.07, 6.45) is 1.53. The highest BCUT2D eigenvalue weighted by Crippen LogP contribution is 2.18. The lowest BCUT2D eigenvalue weighted by Crippen LogP contribution is -2.50. The van der Waals surface area contributed by atoms with Gasteiger partial charge < -0.3 is 10.6 Å². The van der Waals surface area contributed by atoms with E-state index in [1.54, 1.807) is 31.2 Å². The van der Waals surface area contributed by atoms with Crippen LogP contribution in [-0.2, 0) is 10.0 Å². The van der Waals surface area contributed by atoms with Gasteiger partial charge in [0.1, 0.15) is 0 Å². The van der Waals surface area contributed by atoms with Crippen LogP contribution in [0.25, 0.3) is 0 Å². The van der Waals surface area contributed by atoms with Crippen molar-refractivity contribution in [3.05, 3.63) is 29.8 Å². The highest BCUT2D eigenvalue weighted by Gasteiger charge is 2.24. The summed E-state index contributed by atoms with van der Waals surface area (Å²) < 4.78 is 26.4. The molecule has 1 fully saturated rings. The van der Waals surface area contributed by atoms with Gasteiger partial charge in [-0.3, -0.25) is 9.52 Å². The number of carbonyl (C=O) groups is 1. The van der Waals surface area contributed by atoms with E-state index in [-0.39, 0.29) is 17.7 Å². The van der Waals surface area contributed by atoms with Crippen LogP contribution in [0.2, 0.25) is 0 Å². The third kappa shape index (κ3) is 4.94. The maximum atomic E-state index is 12.5. The topological polar surface area (TPSA) is 87.3 Å². The minimum atomic E-state index is -3.43. The Kier molecular flexibility index (Phi) is 6.01. The van der Waals surface area contributed by atoms with E-state index < -0.39 is 10.0 Å². The van der Waals surface area contributed by atoms with Gasteiger partial charge in [0.15, 0.2) is 0 Å². The van der Waals surface area contributed by atoms with Crippen molar-refractivity contribution in [3.63, 3.8) is 0 Å². The molecule has 0 bridgehead atoms. The second-order valence-corrected chi connectivity index (χ2v) is 7.86. The summed E-state index contributed by atoms with van der Waals surface area (Å²) in [5.41, 5.74) is 0.680. The van der Waals surface area contributed by atoms with Crippen LogP contribution in [0.4, 0.5) is 5.69 Å². The number of carbonyl (C=O) groups excluding carboxylic acids is 1. The first-order valence-corrected chi connectivity index (χ1v) is 9.69. The number of anilines is 1. The van der Waals surface area contributed by atoms with E-state index in [4.69, 9.17) is 0 Å². The summed E-state index contributed by atoms with van der Waals surface area (Å²) in [6.45, 7) is 5.61. The van der Waals surface area contributed by atoms with Crippen molar-refractivity contribution in [1.82, 2.24) is 10.6 Å². The molecule has 0 saturated carbocycles. The molecule has 1 saturated heterocycles. The van der Waals surface area contributed by atoms with Gasteiger partial charge in [-0.25, -0.2) is 8.42 Å². The number of amides is 1. The number of piperidine rings is 1. The predicted octanol–water partition coefficient (Wildman–Crippen LogP) is 1.57. The lowest BCUT2D eigenvalue weighted by atomic mass is 9.94. The third-order valence-corrected chi connectivity index (χ3v) is 5.53. The second kappa shape index (κ2) is 7.79. The molecule has 1 aromatic carbocycles. The zero-order valence-electron chi connectivity index (χ0n) is 13.6. The van der Waals surface area contributed by atoms with Gasteiger partial charge >= 0.3 is 0 Å². The minimum Gasteiger partial charge on any atom is -0.348 e. The van der Waals surface area contributed by atoms with Crippen LogP contribution in [0.15, 0.2) is 24.3 Å². The Hall–Kier alpha value is -1.60. The first kappa shape index (κ1) is 17.7. The third-order valence-electron chi connectivity index (χ3n) is 4.05. The van der Waals surface area contributed by atoms with Gasteiger partial charge in [-0.15, -0.1) is 0 Å². The maximum absolute atomic E-state index is 12.5. The second-order valence-electron chi connectivity index (χ2n) is 6.02. The van der Waals surface area contributed by atoms with Crippen LogP contribution in [0.1, 0.15) is 37.0 Å². The summed E-state index contributed by atoms with van der Waals surface area (Å²) in [6, 6.07) is 6.75. The number of rotatable bonds is 6. The molecular formula is C16H25N3O3S. The highest BCUT2D eigenvalue weighted by atomic mass is 32.2. The van der Waals surface area contributed by atoms with E-state index >= 15 is 0 Å². The van der Waals surface area contributed by atoms with Crippen LogP contribution in [0.3, 0.4) is 0 Å². The summed E-state index contributed by atoms with van der Waals surface area (Å²) >= 11 is 0. The molecule has 1 aromatic rings. The molecule has 0 aliphatic carbocycles. The number of benzene rings is 1. The Morgan fingerprint density at radius 2 is 2.09 bits per heavy atom. The molecule has 7 heteroatoms. The van der Waals surface area contributed by atoms with Gasteiger partial charge in [0.25, 0.3) is 5.91 Å². The number of hydrogen-bond acceptors (Lipinski definition) is 4. The lowest BCUT2D eigenvalue weighted by Gasteiger charge is -2.30. The van der Waals surface area contributed by atoms with Crippen molar-refractivity contribution in [1.29, 1.82) is 0 Å². The zero-order valence-corrected chi connectivity index (χ0v) is 14.4. The number of para-hydroxylation sites is 1. The van der Waals surface area contributed by atoms with E-state index in [0.29, 0.717) is 23.6 Å². The number of nitrogens with one attached hydrogen (secondary N) is 3. The minimum absolute atomic E-state index is 0.0343. The van der Waals surface area contributed by atoms with Crippen molar-refractivity contribution >= 4 is 21.6 Å². The smallest absolute Gasteiger partial charge is 0.253 e. The average molecular weight is 339 g/mol. The van der Waals surface area contributed by atoms with Gasteiger partial charge in [-0.05, 0) is 37.4 Å². The molecule has 128 valence electrons. The Bertz CT molecular complexity index is 646. The standard InChI is InChI=1S/C16H25N3O3S/c1-3-10-23(21,22)19-14-7-5-4-6-13(14)16(20)18-15-11-17-9-8-12(15)2/h4-7,12,15,17,19H,3,8-11H2,1-2H3,(H,18,20). The molecule has 2 rings (SSSR count). The Morgan fingerprint density at radius 1 is 1.35 bits per heavy atom. The van der Waals surface area contributed by atoms with Crippen molar-refractivity contribution in [2.24, 2.45) is 5.92 Å². The van der Waals surface area contributed by atoms with Crippen LogP contribution in [-0.4, -0.2) is 39.2 Å². The summed E-state index contributed by atoms with van der Waals surface area (Å²) in [7, 11) is -3.43. The number of hydrogen-bond donors (Lipinski definition) is 3. The molecule has 1 aliphatic heterocycles. The molecule has 1 amide bonds. The van der Waals surface area contributed by atoms with Crippen molar-refractivity contribution < 1.29 is 13.2 Å². The van der Waals surface area contributed by atoms with Crippen LogP contribution in [0, 0.1) is 5.92 Å². The molecule has 0 spiro atoms. The van der Waals surface area contributed by atoms with Crippen LogP contribution < -0.4 is 15.4 Å². The van der Waals surface area contributed by atoms with Crippen LogP contribution >= 0.6 is 0 Å². The number of sulfonamides is 1. The molecule has 3 N–H and O–H groups in total. The van der Waals surface area contributed by atoms with Crippen molar-refractivity contribution in [2.75, 3.05) is 23.6 Å². The SMILES string of the molecule is CCCS(=O)(=O)Nc1ccccc1C(=O)NC1CNCCC1C. The van der Waals surface area contributed by atoms with E-state index in [1.165, 1.54) is 0 Å². The fourth-order valence-electron chi connectivity index (χ4n) is 2.69. The van der Waals surface area contributed by atoms with Gasteiger partial charge in [0.05, 0.1) is 17.0 Å². The van der Waals surface area contributed by atoms with Gasteiger partial charge in [-0.2, -0.15) is 0 Å². The largest absolute Gasteiger partial charge is 0.348 e. The Balaban J connectivity index is 2.14. The van der Waals surface area contributed by atoms with Crippen molar-refractivity contribution in [2.45, 2.75) is 32.7 Å². The molecule has 2 unspecified atom stereocenters. The van der Waals surface area contributed by atoms with Gasteiger partial charge in [0.2, 0.25) is 10.0 Å². The molecular weight excluding hydrogens is 314 g/mol. The predicted molar refractivity (Wildman–Crippen MR) is 92.0 cm³/mol. The molecule has 0 aromatic heterocycles. The van der Waals surface area contributed by atoms with E-state index in [0.717, 1.165) is 19.5 Å². The maximum Gasteiger partial charge on any atom is 0.253 e. The first-order valence-electron chi connectivity index (χ1n) is 8.04. The zero-order chi connectivity index (χ0) is 16.9. The summed E-state index contributed by atoms with van der Waals surface area (Å²) in [5, 5.41) is 6.27. The molecule has 0 radical (unpaired) electrons. The Morgan fingerprint density at radius 3 is 2.78 bits per heavy atom. The quantitative estimate of drug-likeness (QED) is 0.734. The van der Waals surface area contributed by atoms with E-state index in [1.807, 2.05) is 0 Å². The summed E-state index contributed by atoms with van der Waals surface area (Å²) in [4.78, 5) is 12.5. The van der Waals surface area contributed by atoms with Gasteiger partial charge in [-0.1, -0.05) is 26.0 Å². The van der Waals surface area contributed by atoms with Crippen molar-refractivity contribution in [3.8, 4) is 0 Å².